The van der Waals surface area contributed by atoms with Crippen molar-refractivity contribution < 1.29 is 9.90 Å². The minimum Gasteiger partial charge on any atom is -0.390 e. The maximum atomic E-state index is 12.9. The van der Waals surface area contributed by atoms with Gasteiger partial charge in [0, 0.05) is 38.9 Å². The molecule has 0 saturated carbocycles. The molecule has 0 aromatic carbocycles. The Labute approximate surface area is 143 Å². The number of aromatic amines is 1. The average Bonchev–Trinajstić information content (AvgIpc) is 3.23. The summed E-state index contributed by atoms with van der Waals surface area (Å²) in [6.45, 7) is 2.57. The number of rotatable bonds is 3. The number of aromatic nitrogens is 5. The highest BCUT2D eigenvalue weighted by atomic mass is 16.3. The molecule has 4 heterocycles. The predicted octanol–water partition coefficient (Wildman–Crippen LogP) is -0.229. The summed E-state index contributed by atoms with van der Waals surface area (Å²) in [7, 11) is 0. The van der Waals surface area contributed by atoms with Crippen LogP contribution in [0.2, 0.25) is 0 Å². The van der Waals surface area contributed by atoms with Gasteiger partial charge in [0.25, 0.3) is 5.91 Å². The molecule has 0 bridgehead atoms. The molecule has 3 aromatic heterocycles. The molecule has 1 unspecified atom stereocenters. The fourth-order valence-corrected chi connectivity index (χ4v) is 3.17. The van der Waals surface area contributed by atoms with Crippen LogP contribution in [0.25, 0.3) is 5.65 Å². The van der Waals surface area contributed by atoms with E-state index in [9.17, 15) is 9.90 Å². The quantitative estimate of drug-likeness (QED) is 0.682. The highest BCUT2D eigenvalue weighted by molar-refractivity contribution is 5.93. The van der Waals surface area contributed by atoms with E-state index in [4.69, 9.17) is 0 Å². The van der Waals surface area contributed by atoms with Crippen molar-refractivity contribution in [1.29, 1.82) is 0 Å². The second kappa shape index (κ2) is 6.61. The summed E-state index contributed by atoms with van der Waals surface area (Å²) in [5, 5.41) is 20.7. The van der Waals surface area contributed by atoms with Gasteiger partial charge in [-0.1, -0.05) is 6.07 Å². The Hall–Kier alpha value is -2.78. The van der Waals surface area contributed by atoms with Gasteiger partial charge in [-0.25, -0.2) is 4.98 Å². The average molecular weight is 341 g/mol. The summed E-state index contributed by atoms with van der Waals surface area (Å²) in [6.07, 6.45) is 4.46. The van der Waals surface area contributed by atoms with Crippen LogP contribution in [-0.4, -0.2) is 77.9 Å². The van der Waals surface area contributed by atoms with Crippen LogP contribution in [0.5, 0.6) is 0 Å². The standard InChI is InChI=1S/C16H19N7O2/c24-13-10-21(9-12-7-18-20-19-12)5-6-22(11-13)16(25)14-8-17-15-3-1-2-4-23(14)15/h1-4,7-8,13,24H,5-6,9-11H2,(H,18,19,20). The molecule has 9 heteroatoms. The highest BCUT2D eigenvalue weighted by Gasteiger charge is 2.27. The molecular formula is C16H19N7O2. The number of nitrogens with one attached hydrogen (secondary N) is 1. The van der Waals surface area contributed by atoms with Crippen LogP contribution in [0.1, 0.15) is 16.2 Å². The Kier molecular flexibility index (Phi) is 4.16. The minimum atomic E-state index is -0.613. The van der Waals surface area contributed by atoms with Crippen molar-refractivity contribution in [2.45, 2.75) is 12.6 Å². The number of hydrogen-bond acceptors (Lipinski definition) is 6. The van der Waals surface area contributed by atoms with Crippen LogP contribution >= 0.6 is 0 Å². The van der Waals surface area contributed by atoms with Crippen molar-refractivity contribution in [2.75, 3.05) is 26.2 Å². The molecule has 1 aliphatic heterocycles. The lowest BCUT2D eigenvalue weighted by Gasteiger charge is -2.21. The molecule has 1 fully saturated rings. The summed E-state index contributed by atoms with van der Waals surface area (Å²) < 4.78 is 1.77. The molecule has 1 atom stereocenters. The molecular weight excluding hydrogens is 322 g/mol. The number of carbonyl (C=O) groups excluding carboxylic acids is 1. The molecule has 25 heavy (non-hydrogen) atoms. The van der Waals surface area contributed by atoms with Crippen molar-refractivity contribution >= 4 is 11.6 Å². The van der Waals surface area contributed by atoms with E-state index in [1.54, 1.807) is 21.7 Å². The Morgan fingerprint density at radius 2 is 2.20 bits per heavy atom. The normalized spacial score (nSPS) is 19.2. The second-order valence-corrected chi connectivity index (χ2v) is 6.17. The molecule has 3 aromatic rings. The van der Waals surface area contributed by atoms with Crippen LogP contribution in [-0.2, 0) is 6.54 Å². The van der Waals surface area contributed by atoms with Gasteiger partial charge < -0.3 is 10.0 Å². The fourth-order valence-electron chi connectivity index (χ4n) is 3.17. The van der Waals surface area contributed by atoms with Crippen molar-refractivity contribution in [3.8, 4) is 0 Å². The number of β-amino-alcohol motifs (C(OH)–C–C–N with tert-alkyl or cyclic N) is 1. The highest BCUT2D eigenvalue weighted by Crippen LogP contribution is 2.13. The third kappa shape index (κ3) is 3.24. The number of carbonyl (C=O) groups is 1. The van der Waals surface area contributed by atoms with Crippen molar-refractivity contribution in [3.05, 3.63) is 48.2 Å². The Balaban J connectivity index is 1.50. The van der Waals surface area contributed by atoms with Gasteiger partial charge in [-0.05, 0) is 12.1 Å². The topological polar surface area (TPSA) is 103 Å². The molecule has 2 N–H and O–H groups in total. The van der Waals surface area contributed by atoms with E-state index in [1.165, 1.54) is 0 Å². The van der Waals surface area contributed by atoms with Gasteiger partial charge >= 0.3 is 0 Å². The lowest BCUT2D eigenvalue weighted by Crippen LogP contribution is -2.38. The first kappa shape index (κ1) is 15.7. The minimum absolute atomic E-state index is 0.124. The number of imidazole rings is 1. The van der Waals surface area contributed by atoms with E-state index < -0.39 is 6.10 Å². The number of hydrogen-bond donors (Lipinski definition) is 2. The lowest BCUT2D eigenvalue weighted by molar-refractivity contribution is 0.0656. The maximum absolute atomic E-state index is 12.9. The number of pyridine rings is 1. The summed E-state index contributed by atoms with van der Waals surface area (Å²) in [4.78, 5) is 20.9. The number of fused-ring (bicyclic) bond motifs is 1. The first-order valence-corrected chi connectivity index (χ1v) is 8.17. The van der Waals surface area contributed by atoms with Crippen molar-refractivity contribution in [2.24, 2.45) is 0 Å². The summed E-state index contributed by atoms with van der Waals surface area (Å²) >= 11 is 0. The number of amides is 1. The zero-order valence-corrected chi connectivity index (χ0v) is 13.6. The lowest BCUT2D eigenvalue weighted by atomic mass is 10.3. The van der Waals surface area contributed by atoms with Gasteiger partial charge in [-0.15, -0.1) is 0 Å². The van der Waals surface area contributed by atoms with Crippen LogP contribution in [0.3, 0.4) is 0 Å². The van der Waals surface area contributed by atoms with Gasteiger partial charge in [-0.3, -0.25) is 14.1 Å². The molecule has 1 amide bonds. The Morgan fingerprint density at radius 3 is 3.04 bits per heavy atom. The second-order valence-electron chi connectivity index (χ2n) is 6.17. The van der Waals surface area contributed by atoms with Crippen molar-refractivity contribution in [1.82, 2.24) is 34.6 Å². The Morgan fingerprint density at radius 1 is 1.28 bits per heavy atom. The van der Waals surface area contributed by atoms with E-state index in [0.717, 1.165) is 11.3 Å². The third-order valence-electron chi connectivity index (χ3n) is 4.36. The Bertz CT molecular complexity index is 860. The molecule has 0 radical (unpaired) electrons. The van der Waals surface area contributed by atoms with E-state index in [2.05, 4.69) is 25.3 Å². The van der Waals surface area contributed by atoms with E-state index in [0.29, 0.717) is 38.4 Å². The smallest absolute Gasteiger partial charge is 0.272 e. The number of H-pyrrole nitrogens is 1. The number of aliphatic hydroxyl groups excluding tert-OH is 1. The predicted molar refractivity (Wildman–Crippen MR) is 88.8 cm³/mol. The molecule has 0 spiro atoms. The SMILES string of the molecule is O=C(c1cnc2ccccn12)N1CCN(Cc2cn[nH]n2)CC(O)C1. The first-order chi connectivity index (χ1) is 12.2. The van der Waals surface area contributed by atoms with Gasteiger partial charge in [0.15, 0.2) is 0 Å². The van der Waals surface area contributed by atoms with Crippen LogP contribution < -0.4 is 0 Å². The zero-order chi connectivity index (χ0) is 17.2. The molecule has 9 nitrogen and oxygen atoms in total. The third-order valence-corrected chi connectivity index (χ3v) is 4.36. The van der Waals surface area contributed by atoms with Gasteiger partial charge in [-0.2, -0.15) is 15.4 Å². The van der Waals surface area contributed by atoms with Crippen LogP contribution in [0.15, 0.2) is 36.8 Å². The number of aliphatic hydroxyl groups is 1. The largest absolute Gasteiger partial charge is 0.390 e. The van der Waals surface area contributed by atoms with E-state index in [1.807, 2.05) is 24.4 Å². The summed E-state index contributed by atoms with van der Waals surface area (Å²) in [6, 6.07) is 5.60. The van der Waals surface area contributed by atoms with Gasteiger partial charge in [0.05, 0.1) is 24.2 Å². The van der Waals surface area contributed by atoms with Crippen LogP contribution in [0.4, 0.5) is 0 Å². The summed E-state index contributed by atoms with van der Waals surface area (Å²) in [5.41, 5.74) is 2.05. The van der Waals surface area contributed by atoms with Gasteiger partial charge in [0.1, 0.15) is 11.3 Å². The molecule has 4 rings (SSSR count). The maximum Gasteiger partial charge on any atom is 0.272 e. The molecule has 130 valence electrons. The van der Waals surface area contributed by atoms with Gasteiger partial charge in [0.2, 0.25) is 0 Å². The molecule has 1 saturated heterocycles. The van der Waals surface area contributed by atoms with Crippen LogP contribution in [0, 0.1) is 0 Å². The van der Waals surface area contributed by atoms with Crippen molar-refractivity contribution in [3.63, 3.8) is 0 Å². The molecule has 0 aliphatic carbocycles. The van der Waals surface area contributed by atoms with E-state index in [-0.39, 0.29) is 5.91 Å². The summed E-state index contributed by atoms with van der Waals surface area (Å²) in [5.74, 6) is -0.124. The van der Waals surface area contributed by atoms with E-state index >= 15 is 0 Å². The monoisotopic (exact) mass is 341 g/mol. The number of nitrogens with zero attached hydrogens (tertiary/aromatic N) is 6. The fraction of sp³-hybridized carbons (Fsp3) is 0.375. The molecule has 1 aliphatic rings. The zero-order valence-electron chi connectivity index (χ0n) is 13.6. The first-order valence-electron chi connectivity index (χ1n) is 8.17.